The van der Waals surface area contributed by atoms with Gasteiger partial charge in [0.15, 0.2) is 17.3 Å². The van der Waals surface area contributed by atoms with E-state index in [1.165, 1.54) is 17.0 Å². The number of fused-ring (bicyclic) bond motifs is 2. The third kappa shape index (κ3) is 3.61. The number of aliphatic carboxylic acids is 1. The van der Waals surface area contributed by atoms with E-state index in [2.05, 4.69) is 55.1 Å². The van der Waals surface area contributed by atoms with Crippen molar-refractivity contribution < 1.29 is 24.1 Å². The number of aromatic nitrogens is 4. The van der Waals surface area contributed by atoms with Crippen molar-refractivity contribution in [2.45, 2.75) is 50.1 Å². The average molecular weight is 563 g/mol. The molecule has 0 radical (unpaired) electrons. The van der Waals surface area contributed by atoms with Crippen LogP contribution in [-0.2, 0) is 26.4 Å². The molecule has 0 aliphatic carbocycles. The van der Waals surface area contributed by atoms with E-state index in [1.54, 1.807) is 13.8 Å². The van der Waals surface area contributed by atoms with Crippen LogP contribution in [-0.4, -0.2) is 59.6 Å². The van der Waals surface area contributed by atoms with Crippen LogP contribution in [0.15, 0.2) is 36.8 Å². The maximum atomic E-state index is 10.2. The number of nitrogens with zero attached hydrogens (tertiary/aromatic N) is 5. The molecule has 2 aliphatic heterocycles. The molecule has 4 heterocycles. The maximum absolute atomic E-state index is 10.2. The van der Waals surface area contributed by atoms with Gasteiger partial charge in [0.1, 0.15) is 30.3 Å². The van der Waals surface area contributed by atoms with Crippen LogP contribution in [0.1, 0.15) is 25.1 Å². The van der Waals surface area contributed by atoms with E-state index in [4.69, 9.17) is 14.2 Å². The molecule has 2 aromatic heterocycles. The van der Waals surface area contributed by atoms with Crippen molar-refractivity contribution in [3.8, 4) is 6.07 Å². The minimum absolute atomic E-state index is 0.264. The van der Waals surface area contributed by atoms with Crippen LogP contribution in [0.2, 0.25) is 0 Å². The normalized spacial score (nSPS) is 27.9. The number of aliphatic hydroxyl groups excluding tert-OH is 1. The molecule has 12 heteroatoms. The molecule has 11 nitrogen and oxygen atoms in total. The molecule has 2 aliphatic rings. The topological polar surface area (TPSA) is 148 Å². The monoisotopic (exact) mass is 563 g/mol. The quantitative estimate of drug-likeness (QED) is 0.352. The van der Waals surface area contributed by atoms with Gasteiger partial charge in [0, 0.05) is 10.1 Å². The highest BCUT2D eigenvalue weighted by molar-refractivity contribution is 14.1. The molecular formula is C21H20IN6O5+. The molecule has 2 saturated heterocycles. The predicted molar refractivity (Wildman–Crippen MR) is 123 cm³/mol. The Bertz CT molecular complexity index is 1290. The Hall–Kier alpha value is -2.86. The van der Waals surface area contributed by atoms with Crippen LogP contribution in [0.4, 0.5) is 5.82 Å². The van der Waals surface area contributed by atoms with Gasteiger partial charge in [0.05, 0.1) is 6.20 Å². The molecule has 3 aromatic rings. The summed E-state index contributed by atoms with van der Waals surface area (Å²) in [5.74, 6) is -1.58. The number of rotatable bonds is 5. The van der Waals surface area contributed by atoms with Crippen LogP contribution < -0.4 is 5.32 Å². The fraction of sp³-hybridized carbons (Fsp3) is 0.381. The highest BCUT2D eigenvalue weighted by atomic mass is 127. The van der Waals surface area contributed by atoms with Crippen LogP contribution in [0.3, 0.4) is 0 Å². The molecular weight excluding hydrogens is 543 g/mol. The van der Waals surface area contributed by atoms with Gasteiger partial charge in [-0.05, 0) is 54.1 Å². The number of imidazole rings is 1. The molecule has 33 heavy (non-hydrogen) atoms. The highest BCUT2D eigenvalue weighted by Gasteiger charge is 2.68. The number of carboxylic acids is 1. The van der Waals surface area contributed by atoms with Gasteiger partial charge < -0.3 is 29.4 Å². The number of ether oxygens (including phenoxy) is 3. The second kappa shape index (κ2) is 7.87. The lowest BCUT2D eigenvalue weighted by atomic mass is 9.93. The van der Waals surface area contributed by atoms with Crippen molar-refractivity contribution in [2.75, 3.05) is 5.32 Å². The van der Waals surface area contributed by atoms with Gasteiger partial charge in [-0.15, -0.1) is 0 Å². The summed E-state index contributed by atoms with van der Waals surface area (Å²) in [6.07, 6.45) is -0.339. The predicted octanol–water partition coefficient (Wildman–Crippen LogP) is 2.04. The van der Waals surface area contributed by atoms with Crippen molar-refractivity contribution >= 4 is 40.0 Å². The molecule has 5 rings (SSSR count). The van der Waals surface area contributed by atoms with Gasteiger partial charge in [-0.2, -0.15) is 10.4 Å². The fourth-order valence-corrected chi connectivity index (χ4v) is 4.85. The van der Waals surface area contributed by atoms with Gasteiger partial charge in [-0.1, -0.05) is 12.1 Å². The van der Waals surface area contributed by atoms with E-state index in [0.717, 1.165) is 9.13 Å². The van der Waals surface area contributed by atoms with Crippen molar-refractivity contribution in [2.24, 2.45) is 0 Å². The van der Waals surface area contributed by atoms with E-state index in [-0.39, 0.29) is 5.69 Å². The standard InChI is InChI=1S/C21H19IN6O5/c1-20(2)31-14-15(19(29)30)32-21(9-23,16(14)33-20)13-8-25-18-17(26-10-27-28(13)18)24-7-11-4-3-5-12(22)6-11/h3-6,8,10,14-16H,7H2,1-2H3,(H,29,30)(H,24,26,27)/p+1/t14-,15+,16-,21+/m1/s1. The zero-order valence-corrected chi connectivity index (χ0v) is 19.8. The van der Waals surface area contributed by atoms with E-state index in [1.807, 2.05) is 18.2 Å². The van der Waals surface area contributed by atoms with E-state index in [0.29, 0.717) is 18.0 Å². The summed E-state index contributed by atoms with van der Waals surface area (Å²) in [4.78, 5) is 18.5. The molecule has 1 aromatic carbocycles. The first-order valence-corrected chi connectivity index (χ1v) is 11.2. The van der Waals surface area contributed by atoms with Gasteiger partial charge in [0.25, 0.3) is 0 Å². The minimum Gasteiger partial charge on any atom is -0.363 e. The minimum atomic E-state index is -1.75. The maximum Gasteiger partial charge on any atom is 0.513 e. The van der Waals surface area contributed by atoms with Crippen molar-refractivity contribution in [1.82, 2.24) is 19.6 Å². The fourth-order valence-electron chi connectivity index (χ4n) is 4.24. The van der Waals surface area contributed by atoms with Gasteiger partial charge in [-0.25, -0.2) is 14.5 Å². The summed E-state index contributed by atoms with van der Waals surface area (Å²) in [6, 6.07) is 10.2. The van der Waals surface area contributed by atoms with Crippen LogP contribution in [0, 0.1) is 14.9 Å². The number of benzene rings is 1. The lowest BCUT2D eigenvalue weighted by Gasteiger charge is -2.27. The van der Waals surface area contributed by atoms with Gasteiger partial charge in [0.2, 0.25) is 11.7 Å². The van der Waals surface area contributed by atoms with E-state index in [9.17, 15) is 15.2 Å². The second-order valence-corrected chi connectivity index (χ2v) is 9.48. The average Bonchev–Trinajstić information content (AvgIpc) is 3.42. The Morgan fingerprint density at radius 1 is 1.33 bits per heavy atom. The highest BCUT2D eigenvalue weighted by Crippen LogP contribution is 2.49. The number of halogens is 1. The van der Waals surface area contributed by atoms with Crippen LogP contribution in [0.5, 0.6) is 0 Å². The number of anilines is 1. The molecule has 0 unspecified atom stereocenters. The summed E-state index contributed by atoms with van der Waals surface area (Å²) >= 11 is 2.25. The Kier molecular flexibility index (Phi) is 5.24. The molecule has 0 saturated carbocycles. The summed E-state index contributed by atoms with van der Waals surface area (Å²) in [7, 11) is 0. The summed E-state index contributed by atoms with van der Waals surface area (Å²) < 4.78 is 20.2. The number of carboxylic acid groups (broad SMARTS) is 1. The summed E-state index contributed by atoms with van der Waals surface area (Å²) in [5.41, 5.74) is -0.0386. The molecule has 0 amide bonds. The third-order valence-electron chi connectivity index (χ3n) is 5.59. The largest absolute Gasteiger partial charge is 0.513 e. The zero-order valence-electron chi connectivity index (χ0n) is 17.6. The SMILES string of the molecule is CC1(C)O[C@@H]2[C@@H](C(O)=[OH+])O[C@@](C#N)(c3cnc4c(NCc5cccc(I)c5)ncnn34)[C@@H]2O1. The lowest BCUT2D eigenvalue weighted by Crippen LogP contribution is -2.40. The van der Waals surface area contributed by atoms with Crippen molar-refractivity contribution in [3.05, 3.63) is 51.6 Å². The Labute approximate surface area is 201 Å². The van der Waals surface area contributed by atoms with E-state index >= 15 is 0 Å². The smallest absolute Gasteiger partial charge is 0.363 e. The van der Waals surface area contributed by atoms with Gasteiger partial charge in [-0.3, -0.25) is 0 Å². The summed E-state index contributed by atoms with van der Waals surface area (Å²) in [5, 5.41) is 27.5. The second-order valence-electron chi connectivity index (χ2n) is 8.24. The van der Waals surface area contributed by atoms with Crippen LogP contribution >= 0.6 is 22.6 Å². The molecule has 0 spiro atoms. The Morgan fingerprint density at radius 3 is 2.88 bits per heavy atom. The molecule has 2 fully saturated rings. The number of hydrogen-bond acceptors (Lipinski definition) is 8. The molecule has 0 bridgehead atoms. The molecule has 3 N–H and O–H groups in total. The third-order valence-corrected chi connectivity index (χ3v) is 6.27. The molecule has 170 valence electrons. The van der Waals surface area contributed by atoms with Gasteiger partial charge >= 0.3 is 5.97 Å². The zero-order chi connectivity index (χ0) is 23.4. The number of nitrogens with one attached hydrogen (secondary N) is 1. The van der Waals surface area contributed by atoms with Crippen molar-refractivity contribution in [3.63, 3.8) is 0 Å². The Morgan fingerprint density at radius 2 is 2.15 bits per heavy atom. The molecule has 4 atom stereocenters. The Balaban J connectivity index is 1.54. The first kappa shape index (κ1) is 22.0. The van der Waals surface area contributed by atoms with Crippen LogP contribution in [0.25, 0.3) is 5.65 Å². The number of nitriles is 1. The van der Waals surface area contributed by atoms with E-state index < -0.39 is 35.7 Å². The first-order valence-electron chi connectivity index (χ1n) is 10.1. The van der Waals surface area contributed by atoms with Crippen molar-refractivity contribution in [1.29, 1.82) is 5.26 Å². The first-order chi connectivity index (χ1) is 15.7. The summed E-state index contributed by atoms with van der Waals surface area (Å²) in [6.45, 7) is 3.88. The number of hydrogen-bond donors (Lipinski definition) is 2. The lowest BCUT2D eigenvalue weighted by molar-refractivity contribution is -0.195.